The molecule has 2 atom stereocenters. The van der Waals surface area contributed by atoms with E-state index in [1.165, 1.54) is 4.70 Å². The van der Waals surface area contributed by atoms with E-state index < -0.39 is 23.8 Å². The number of aromatic nitrogens is 1. The van der Waals surface area contributed by atoms with Gasteiger partial charge in [-0.2, -0.15) is 0 Å². The summed E-state index contributed by atoms with van der Waals surface area (Å²) in [5, 5.41) is 12.6. The van der Waals surface area contributed by atoms with Crippen LogP contribution in [0, 0.1) is 5.92 Å². The average molecular weight is 578 g/mol. The number of para-hydroxylation sites is 1. The highest BCUT2D eigenvalue weighted by Gasteiger charge is 2.26. The maximum Gasteiger partial charge on any atom is 0.303 e. The highest BCUT2D eigenvalue weighted by molar-refractivity contribution is 7.26. The summed E-state index contributed by atoms with van der Waals surface area (Å²) < 4.78 is 1.17. The number of aryl methyl sites for hydroxylation is 1. The lowest BCUT2D eigenvalue weighted by Gasteiger charge is -2.19. The Morgan fingerprint density at radius 2 is 1.68 bits per heavy atom. The molecular weight excluding hydrogens is 546 g/mol. The third kappa shape index (κ3) is 7.61. The van der Waals surface area contributed by atoms with Crippen molar-refractivity contribution >= 4 is 56.5 Å². The van der Waals surface area contributed by atoms with Crippen molar-refractivity contribution in [2.24, 2.45) is 11.7 Å². The first-order chi connectivity index (χ1) is 19.2. The van der Waals surface area contributed by atoms with Gasteiger partial charge in [-0.15, -0.1) is 22.7 Å². The number of nitrogens with two attached hydrogens (primary N) is 1. The van der Waals surface area contributed by atoms with E-state index in [1.54, 1.807) is 29.6 Å². The second-order valence-corrected chi connectivity index (χ2v) is 11.7. The summed E-state index contributed by atoms with van der Waals surface area (Å²) in [5.74, 6) is -3.22. The zero-order chi connectivity index (χ0) is 28.6. The van der Waals surface area contributed by atoms with Crippen LogP contribution in [0.4, 0.5) is 0 Å². The number of carbonyl (C=O) groups excluding carboxylic acids is 3. The molecular formula is C30H31N3O5S2. The molecule has 0 aliphatic rings. The van der Waals surface area contributed by atoms with Crippen molar-refractivity contribution in [3.05, 3.63) is 66.2 Å². The summed E-state index contributed by atoms with van der Waals surface area (Å²) in [7, 11) is 0. The first-order valence-electron chi connectivity index (χ1n) is 13.1. The number of carboxylic acid groups (broad SMARTS) is 1. The standard InChI is InChI=1S/C30H31N3O5S2/c1-2-21(23(34)17-20(29(31)38)12-16-28(36)37)32-27(35)15-9-18-7-10-19(11-8-18)24-13-14-26(39-24)30-33-22-5-3-4-6-25(22)40-30/h3-8,10-11,13-14,20-21H,2,9,12,15-17H2,1H3,(H2,31,38)(H,32,35)(H,36,37)/t20-,21+/m1/s1. The Morgan fingerprint density at radius 3 is 2.35 bits per heavy atom. The molecule has 8 nitrogen and oxygen atoms in total. The van der Waals surface area contributed by atoms with Crippen LogP contribution < -0.4 is 11.1 Å². The molecule has 0 unspecified atom stereocenters. The van der Waals surface area contributed by atoms with Crippen LogP contribution in [-0.2, 0) is 25.6 Å². The van der Waals surface area contributed by atoms with Crippen LogP contribution in [-0.4, -0.2) is 39.7 Å². The minimum atomic E-state index is -1.06. The number of nitrogens with one attached hydrogen (secondary N) is 1. The van der Waals surface area contributed by atoms with Crippen LogP contribution in [0.3, 0.4) is 0 Å². The molecule has 4 aromatic rings. The van der Waals surface area contributed by atoms with Gasteiger partial charge in [0.25, 0.3) is 0 Å². The Morgan fingerprint density at radius 1 is 0.950 bits per heavy atom. The monoisotopic (exact) mass is 577 g/mol. The van der Waals surface area contributed by atoms with Gasteiger partial charge in [0.15, 0.2) is 5.78 Å². The van der Waals surface area contributed by atoms with Crippen LogP contribution in [0.15, 0.2) is 60.7 Å². The van der Waals surface area contributed by atoms with E-state index >= 15 is 0 Å². The number of rotatable bonds is 14. The van der Waals surface area contributed by atoms with Crippen molar-refractivity contribution in [2.75, 3.05) is 0 Å². The molecule has 208 valence electrons. The Hall–Kier alpha value is -3.89. The number of carboxylic acids is 1. The number of fused-ring (bicyclic) bond motifs is 1. The number of primary amides is 1. The van der Waals surface area contributed by atoms with E-state index in [1.807, 2.05) is 42.5 Å². The number of hydrogen-bond acceptors (Lipinski definition) is 7. The molecule has 2 heterocycles. The summed E-state index contributed by atoms with van der Waals surface area (Å²) in [4.78, 5) is 54.7. The van der Waals surface area contributed by atoms with Crippen LogP contribution in [0.2, 0.25) is 0 Å². The molecule has 0 saturated heterocycles. The molecule has 0 radical (unpaired) electrons. The molecule has 40 heavy (non-hydrogen) atoms. The van der Waals surface area contributed by atoms with Crippen LogP contribution in [0.1, 0.15) is 44.6 Å². The average Bonchev–Trinajstić information content (AvgIpc) is 3.60. The molecule has 2 aromatic heterocycles. The van der Waals surface area contributed by atoms with Gasteiger partial charge < -0.3 is 16.2 Å². The molecule has 0 spiro atoms. The third-order valence-corrected chi connectivity index (χ3v) is 9.02. The molecule has 0 aliphatic carbocycles. The highest BCUT2D eigenvalue weighted by atomic mass is 32.1. The zero-order valence-corrected chi connectivity index (χ0v) is 23.7. The maximum atomic E-state index is 12.7. The lowest BCUT2D eigenvalue weighted by atomic mass is 9.92. The fourth-order valence-corrected chi connectivity index (χ4v) is 6.42. The quantitative estimate of drug-likeness (QED) is 0.182. The topological polar surface area (TPSA) is 139 Å². The normalized spacial score (nSPS) is 12.6. The van der Waals surface area contributed by atoms with Gasteiger partial charge in [-0.25, -0.2) is 4.98 Å². The van der Waals surface area contributed by atoms with Gasteiger partial charge in [0.1, 0.15) is 5.01 Å². The minimum Gasteiger partial charge on any atom is -0.481 e. The number of thiazole rings is 1. The largest absolute Gasteiger partial charge is 0.481 e. The van der Waals surface area contributed by atoms with Gasteiger partial charge in [-0.05, 0) is 54.7 Å². The van der Waals surface area contributed by atoms with E-state index in [4.69, 9.17) is 15.8 Å². The summed E-state index contributed by atoms with van der Waals surface area (Å²) in [6.45, 7) is 1.77. The number of amides is 2. The van der Waals surface area contributed by atoms with Gasteiger partial charge in [0.2, 0.25) is 11.8 Å². The van der Waals surface area contributed by atoms with Crippen molar-refractivity contribution in [3.8, 4) is 20.3 Å². The molecule has 0 bridgehead atoms. The molecule has 0 fully saturated rings. The van der Waals surface area contributed by atoms with Gasteiger partial charge in [0.05, 0.1) is 21.1 Å². The summed E-state index contributed by atoms with van der Waals surface area (Å²) >= 11 is 3.38. The Balaban J connectivity index is 1.29. The number of hydrogen-bond donors (Lipinski definition) is 3. The maximum absolute atomic E-state index is 12.7. The predicted octanol–water partition coefficient (Wildman–Crippen LogP) is 5.44. The number of ketones is 1. The molecule has 0 saturated carbocycles. The first-order valence-corrected chi connectivity index (χ1v) is 14.7. The smallest absolute Gasteiger partial charge is 0.303 e. The Kier molecular flexibility index (Phi) is 9.79. The molecule has 2 aromatic carbocycles. The Bertz CT molecular complexity index is 1480. The van der Waals surface area contributed by atoms with Crippen LogP contribution in [0.5, 0.6) is 0 Å². The number of Topliss-reactive ketones (excluding diaryl/α,β-unsaturated/α-hetero) is 1. The zero-order valence-electron chi connectivity index (χ0n) is 22.1. The van der Waals surface area contributed by atoms with E-state index in [9.17, 15) is 19.2 Å². The lowest BCUT2D eigenvalue weighted by molar-refractivity contribution is -0.138. The molecule has 10 heteroatoms. The first kappa shape index (κ1) is 29.1. The number of nitrogens with zero attached hydrogens (tertiary/aromatic N) is 1. The van der Waals surface area contributed by atoms with Gasteiger partial charge >= 0.3 is 5.97 Å². The van der Waals surface area contributed by atoms with Crippen molar-refractivity contribution in [1.82, 2.24) is 10.3 Å². The second kappa shape index (κ2) is 13.5. The molecule has 4 rings (SSSR count). The van der Waals surface area contributed by atoms with Crippen molar-refractivity contribution < 1.29 is 24.3 Å². The summed E-state index contributed by atoms with van der Waals surface area (Å²) in [6.07, 6.45) is 0.643. The minimum absolute atomic E-state index is 0.00839. The van der Waals surface area contributed by atoms with E-state index in [0.29, 0.717) is 12.8 Å². The molecule has 4 N–H and O–H groups in total. The van der Waals surface area contributed by atoms with Crippen LogP contribution >= 0.6 is 22.7 Å². The van der Waals surface area contributed by atoms with Gasteiger partial charge in [-0.1, -0.05) is 43.3 Å². The lowest BCUT2D eigenvalue weighted by Crippen LogP contribution is -2.42. The summed E-state index contributed by atoms with van der Waals surface area (Å²) in [6, 6.07) is 19.6. The Labute approximate surface area is 240 Å². The summed E-state index contributed by atoms with van der Waals surface area (Å²) in [5.41, 5.74) is 8.44. The number of aliphatic carboxylic acids is 1. The predicted molar refractivity (Wildman–Crippen MR) is 158 cm³/mol. The van der Waals surface area contributed by atoms with Crippen molar-refractivity contribution in [1.29, 1.82) is 0 Å². The molecule has 2 amide bonds. The van der Waals surface area contributed by atoms with E-state index in [-0.39, 0.29) is 37.4 Å². The fraction of sp³-hybridized carbons (Fsp3) is 0.300. The number of carbonyl (C=O) groups is 4. The molecule has 0 aliphatic heterocycles. The SMILES string of the molecule is CC[C@H](NC(=O)CCc1ccc(-c2ccc(-c3nc4ccccc4s3)s2)cc1)C(=O)C[C@@H](CCC(=O)O)C(N)=O. The van der Waals surface area contributed by atoms with Gasteiger partial charge in [-0.3, -0.25) is 19.2 Å². The number of thiophene rings is 1. The van der Waals surface area contributed by atoms with E-state index in [2.05, 4.69) is 23.5 Å². The van der Waals surface area contributed by atoms with Crippen LogP contribution in [0.25, 0.3) is 30.5 Å². The van der Waals surface area contributed by atoms with Crippen molar-refractivity contribution in [2.45, 2.75) is 51.5 Å². The fourth-order valence-electron chi connectivity index (χ4n) is 4.38. The van der Waals surface area contributed by atoms with Crippen molar-refractivity contribution in [3.63, 3.8) is 0 Å². The van der Waals surface area contributed by atoms with Gasteiger partial charge in [0, 0.05) is 30.1 Å². The third-order valence-electron chi connectivity index (χ3n) is 6.68. The second-order valence-electron chi connectivity index (χ2n) is 9.58. The van der Waals surface area contributed by atoms with E-state index in [0.717, 1.165) is 31.4 Å². The number of benzene rings is 2. The highest BCUT2D eigenvalue weighted by Crippen LogP contribution is 2.38.